The Labute approximate surface area is 108 Å². The molecule has 2 aromatic heterocycles. The molecular weight excluding hydrogens is 290 g/mol. The Morgan fingerprint density at radius 2 is 1.80 bits per heavy atom. The van der Waals surface area contributed by atoms with Crippen LogP contribution in [0.15, 0.2) is 18.3 Å². The van der Waals surface area contributed by atoms with E-state index in [4.69, 9.17) is 0 Å². The van der Waals surface area contributed by atoms with Gasteiger partial charge in [-0.15, -0.1) is 5.10 Å². The van der Waals surface area contributed by atoms with Gasteiger partial charge < -0.3 is 0 Å². The first-order chi connectivity index (χ1) is 9.18. The van der Waals surface area contributed by atoms with Gasteiger partial charge in [0.15, 0.2) is 0 Å². The van der Waals surface area contributed by atoms with Crippen LogP contribution in [0.1, 0.15) is 17.3 Å². The van der Waals surface area contributed by atoms with Crippen molar-refractivity contribution in [2.45, 2.75) is 18.9 Å². The molecule has 0 bridgehead atoms. The molecule has 2 rings (SSSR count). The summed E-state index contributed by atoms with van der Waals surface area (Å²) >= 11 is 0. The molecular formula is C10H5F6N4. The van der Waals surface area contributed by atoms with E-state index in [0.29, 0.717) is 0 Å². The summed E-state index contributed by atoms with van der Waals surface area (Å²) in [6.45, 7) is -0.577. The standard InChI is InChI=1S/C10H5F6N4/c11-9(12,13)7-18-8(10(14,15)16)20(19-7)5-6-3-1-2-4-17-6/h1,3-4H,5H2. The molecule has 0 aliphatic carbocycles. The second-order valence-electron chi connectivity index (χ2n) is 3.66. The van der Waals surface area contributed by atoms with E-state index in [2.05, 4.69) is 21.1 Å². The van der Waals surface area contributed by atoms with Crippen molar-refractivity contribution >= 4 is 0 Å². The minimum absolute atomic E-state index is 0.105. The molecule has 0 fully saturated rings. The van der Waals surface area contributed by atoms with Crippen LogP contribution in [0.5, 0.6) is 0 Å². The molecule has 0 aromatic carbocycles. The third kappa shape index (κ3) is 3.06. The van der Waals surface area contributed by atoms with Crippen LogP contribution in [-0.4, -0.2) is 19.7 Å². The molecule has 0 N–H and O–H groups in total. The zero-order valence-electron chi connectivity index (χ0n) is 9.50. The largest absolute Gasteiger partial charge is 0.453 e. The van der Waals surface area contributed by atoms with Gasteiger partial charge in [0.2, 0.25) is 5.82 Å². The number of nitrogens with zero attached hydrogens (tertiary/aromatic N) is 4. The van der Waals surface area contributed by atoms with E-state index >= 15 is 0 Å². The summed E-state index contributed by atoms with van der Waals surface area (Å²) in [6.07, 6.45) is -8.91. The fourth-order valence-electron chi connectivity index (χ4n) is 1.38. The number of halogens is 6. The lowest BCUT2D eigenvalue weighted by atomic mass is 10.3. The summed E-state index contributed by atoms with van der Waals surface area (Å²) in [7, 11) is 0. The van der Waals surface area contributed by atoms with Gasteiger partial charge in [0.25, 0.3) is 5.82 Å². The van der Waals surface area contributed by atoms with Gasteiger partial charge in [-0.2, -0.15) is 31.3 Å². The molecule has 0 unspecified atom stereocenters. The summed E-state index contributed by atoms with van der Waals surface area (Å²) in [6, 6.07) is 5.22. The molecule has 0 saturated carbocycles. The van der Waals surface area contributed by atoms with E-state index in [1.807, 2.05) is 0 Å². The van der Waals surface area contributed by atoms with Crippen molar-refractivity contribution in [2.24, 2.45) is 0 Å². The van der Waals surface area contributed by atoms with Crippen LogP contribution in [0, 0.1) is 6.07 Å². The zero-order valence-corrected chi connectivity index (χ0v) is 9.50. The lowest BCUT2D eigenvalue weighted by Crippen LogP contribution is -2.17. The lowest BCUT2D eigenvalue weighted by Gasteiger charge is -2.07. The van der Waals surface area contributed by atoms with E-state index in [-0.39, 0.29) is 10.4 Å². The van der Waals surface area contributed by atoms with Gasteiger partial charge in [-0.05, 0) is 6.07 Å². The molecule has 107 valence electrons. The topological polar surface area (TPSA) is 43.6 Å². The van der Waals surface area contributed by atoms with Crippen LogP contribution in [0.25, 0.3) is 0 Å². The molecule has 0 saturated heterocycles. The van der Waals surface area contributed by atoms with Crippen molar-refractivity contribution in [2.75, 3.05) is 0 Å². The van der Waals surface area contributed by atoms with Gasteiger partial charge in [0.05, 0.1) is 12.2 Å². The molecule has 4 nitrogen and oxygen atoms in total. The van der Waals surface area contributed by atoms with E-state index in [1.54, 1.807) is 0 Å². The minimum Gasteiger partial charge on any atom is -0.259 e. The first kappa shape index (κ1) is 14.3. The summed E-state index contributed by atoms with van der Waals surface area (Å²) < 4.78 is 75.2. The maximum Gasteiger partial charge on any atom is 0.453 e. The average molecular weight is 295 g/mol. The predicted molar refractivity (Wildman–Crippen MR) is 52.2 cm³/mol. The summed E-state index contributed by atoms with van der Waals surface area (Å²) in [5.74, 6) is -3.56. The molecule has 0 amide bonds. The van der Waals surface area contributed by atoms with E-state index in [9.17, 15) is 26.3 Å². The van der Waals surface area contributed by atoms with Gasteiger partial charge in [-0.25, -0.2) is 4.68 Å². The summed E-state index contributed by atoms with van der Waals surface area (Å²) in [5.41, 5.74) is 0.105. The molecule has 0 spiro atoms. The molecule has 1 radical (unpaired) electrons. The molecule has 20 heavy (non-hydrogen) atoms. The highest BCUT2D eigenvalue weighted by atomic mass is 19.4. The summed E-state index contributed by atoms with van der Waals surface area (Å²) in [4.78, 5) is 6.19. The third-order valence-electron chi connectivity index (χ3n) is 2.17. The van der Waals surface area contributed by atoms with Crippen LogP contribution >= 0.6 is 0 Å². The van der Waals surface area contributed by atoms with Crippen LogP contribution in [-0.2, 0) is 18.9 Å². The Morgan fingerprint density at radius 1 is 1.10 bits per heavy atom. The van der Waals surface area contributed by atoms with Gasteiger partial charge in [0, 0.05) is 12.3 Å². The van der Waals surface area contributed by atoms with Crippen LogP contribution in [0.4, 0.5) is 26.3 Å². The monoisotopic (exact) mass is 295 g/mol. The number of pyridine rings is 1. The Kier molecular flexibility index (Phi) is 3.40. The van der Waals surface area contributed by atoms with E-state index in [1.165, 1.54) is 18.3 Å². The highest BCUT2D eigenvalue weighted by molar-refractivity contribution is 5.06. The van der Waals surface area contributed by atoms with Crippen LogP contribution in [0.2, 0.25) is 0 Å². The number of aromatic nitrogens is 4. The van der Waals surface area contributed by atoms with Crippen molar-refractivity contribution < 1.29 is 26.3 Å². The van der Waals surface area contributed by atoms with Crippen LogP contribution in [0.3, 0.4) is 0 Å². The smallest absolute Gasteiger partial charge is 0.259 e. The van der Waals surface area contributed by atoms with Gasteiger partial charge in [-0.1, -0.05) is 6.07 Å². The maximum atomic E-state index is 12.6. The van der Waals surface area contributed by atoms with Crippen molar-refractivity contribution in [3.8, 4) is 0 Å². The first-order valence-corrected chi connectivity index (χ1v) is 5.08. The Bertz CT molecular complexity index is 586. The van der Waals surface area contributed by atoms with Crippen molar-refractivity contribution in [3.05, 3.63) is 41.7 Å². The third-order valence-corrected chi connectivity index (χ3v) is 2.17. The molecule has 2 aromatic rings. The average Bonchev–Trinajstić information content (AvgIpc) is 2.74. The van der Waals surface area contributed by atoms with Crippen molar-refractivity contribution in [3.63, 3.8) is 0 Å². The van der Waals surface area contributed by atoms with Gasteiger partial charge in [-0.3, -0.25) is 4.98 Å². The minimum atomic E-state index is -5.05. The SMILES string of the molecule is FC(F)(F)c1nc(C(F)(F)F)n(Cc2cc[c]cn2)n1. The second kappa shape index (κ2) is 4.76. The molecule has 0 aliphatic heterocycles. The highest BCUT2D eigenvalue weighted by Crippen LogP contribution is 2.32. The highest BCUT2D eigenvalue weighted by Gasteiger charge is 2.43. The quantitative estimate of drug-likeness (QED) is 0.800. The number of hydrogen-bond donors (Lipinski definition) is 0. The number of rotatable bonds is 2. The predicted octanol–water partition coefficient (Wildman–Crippen LogP) is 2.56. The van der Waals surface area contributed by atoms with Crippen LogP contribution < -0.4 is 0 Å². The van der Waals surface area contributed by atoms with Gasteiger partial charge >= 0.3 is 12.4 Å². The molecule has 0 atom stereocenters. The number of hydrogen-bond acceptors (Lipinski definition) is 3. The van der Waals surface area contributed by atoms with E-state index in [0.717, 1.165) is 0 Å². The molecule has 0 aliphatic rings. The Morgan fingerprint density at radius 3 is 2.30 bits per heavy atom. The molecule has 10 heteroatoms. The fourth-order valence-corrected chi connectivity index (χ4v) is 1.38. The van der Waals surface area contributed by atoms with Gasteiger partial charge in [0.1, 0.15) is 0 Å². The first-order valence-electron chi connectivity index (χ1n) is 5.08. The second-order valence-corrected chi connectivity index (χ2v) is 3.66. The summed E-state index contributed by atoms with van der Waals surface area (Å²) in [5, 5.41) is 2.85. The van der Waals surface area contributed by atoms with Crippen molar-refractivity contribution in [1.82, 2.24) is 19.7 Å². The normalized spacial score (nSPS) is 12.7. The fraction of sp³-hybridized carbons (Fsp3) is 0.300. The lowest BCUT2D eigenvalue weighted by molar-refractivity contribution is -0.150. The number of alkyl halides is 6. The van der Waals surface area contributed by atoms with Crippen molar-refractivity contribution in [1.29, 1.82) is 0 Å². The Balaban J connectivity index is 2.43. The molecule has 2 heterocycles. The maximum absolute atomic E-state index is 12.6. The Hall–Kier alpha value is -2.13. The van der Waals surface area contributed by atoms with E-state index < -0.39 is 30.5 Å². The zero-order chi connectivity index (χ0) is 15.0.